The van der Waals surface area contributed by atoms with Crippen molar-refractivity contribution in [2.75, 3.05) is 12.4 Å². The molecular weight excluding hydrogens is 276 g/mol. The smallest absolute Gasteiger partial charge is 0.213 e. The van der Waals surface area contributed by atoms with Crippen LogP contribution in [0.2, 0.25) is 5.22 Å². The zero-order chi connectivity index (χ0) is 13.9. The molecule has 0 spiro atoms. The van der Waals surface area contributed by atoms with Crippen LogP contribution in [0.5, 0.6) is 5.88 Å². The van der Waals surface area contributed by atoms with Gasteiger partial charge in [-0.3, -0.25) is 0 Å². The van der Waals surface area contributed by atoms with E-state index in [1.165, 1.54) is 0 Å². The molecule has 0 saturated carbocycles. The predicted molar refractivity (Wildman–Crippen MR) is 79.3 cm³/mol. The van der Waals surface area contributed by atoms with Gasteiger partial charge >= 0.3 is 0 Å². The second-order valence-corrected chi connectivity index (χ2v) is 4.64. The van der Waals surface area contributed by atoms with Crippen LogP contribution < -0.4 is 10.1 Å². The van der Waals surface area contributed by atoms with E-state index in [2.05, 4.69) is 10.3 Å². The van der Waals surface area contributed by atoms with Crippen molar-refractivity contribution in [2.45, 2.75) is 6.54 Å². The third-order valence-electron chi connectivity index (χ3n) is 3.06. The molecule has 0 aliphatic carbocycles. The first kappa shape index (κ1) is 12.8. The third kappa shape index (κ3) is 2.42. The number of anilines is 1. The summed E-state index contributed by atoms with van der Waals surface area (Å²) in [6.07, 6.45) is 1.72. The molecule has 0 unspecified atom stereocenters. The molecule has 0 radical (unpaired) electrons. The van der Waals surface area contributed by atoms with Gasteiger partial charge in [0.1, 0.15) is 5.58 Å². The van der Waals surface area contributed by atoms with E-state index >= 15 is 0 Å². The van der Waals surface area contributed by atoms with Crippen LogP contribution in [-0.4, -0.2) is 12.1 Å². The first-order valence-corrected chi connectivity index (χ1v) is 6.55. The van der Waals surface area contributed by atoms with Gasteiger partial charge in [0.25, 0.3) is 0 Å². The fourth-order valence-corrected chi connectivity index (χ4v) is 2.28. The molecule has 0 fully saturated rings. The van der Waals surface area contributed by atoms with Crippen molar-refractivity contribution in [1.82, 2.24) is 4.98 Å². The predicted octanol–water partition coefficient (Wildman–Crippen LogP) is 4.10. The summed E-state index contributed by atoms with van der Waals surface area (Å²) in [6, 6.07) is 11.5. The number of ether oxygens (including phenoxy) is 1. The molecule has 4 nitrogen and oxygen atoms in total. The van der Waals surface area contributed by atoms with Crippen LogP contribution >= 0.6 is 11.6 Å². The van der Waals surface area contributed by atoms with Gasteiger partial charge in [0.15, 0.2) is 5.22 Å². The maximum absolute atomic E-state index is 6.14. The van der Waals surface area contributed by atoms with Crippen molar-refractivity contribution >= 4 is 28.3 Å². The second kappa shape index (κ2) is 5.43. The van der Waals surface area contributed by atoms with Crippen molar-refractivity contribution in [3.63, 3.8) is 0 Å². The fraction of sp³-hybridized carbons (Fsp3) is 0.133. The van der Waals surface area contributed by atoms with Gasteiger partial charge in [0, 0.05) is 23.6 Å². The molecule has 0 atom stereocenters. The molecule has 2 heterocycles. The molecule has 2 aromatic heterocycles. The van der Waals surface area contributed by atoms with Crippen molar-refractivity contribution in [1.29, 1.82) is 0 Å². The lowest BCUT2D eigenvalue weighted by molar-refractivity contribution is 0.398. The topological polar surface area (TPSA) is 47.3 Å². The summed E-state index contributed by atoms with van der Waals surface area (Å²) in [6.45, 7) is 0.573. The minimum Gasteiger partial charge on any atom is -0.481 e. The Kier molecular flexibility index (Phi) is 3.48. The van der Waals surface area contributed by atoms with E-state index in [-0.39, 0.29) is 0 Å². The zero-order valence-electron chi connectivity index (χ0n) is 10.9. The van der Waals surface area contributed by atoms with Crippen LogP contribution in [0.4, 0.5) is 5.69 Å². The second-order valence-electron chi connectivity index (χ2n) is 4.29. The van der Waals surface area contributed by atoms with E-state index in [4.69, 9.17) is 20.8 Å². The molecule has 102 valence electrons. The normalized spacial score (nSPS) is 10.7. The molecule has 1 aromatic carbocycles. The van der Waals surface area contributed by atoms with Crippen LogP contribution in [0.1, 0.15) is 5.56 Å². The molecule has 1 N–H and O–H groups in total. The van der Waals surface area contributed by atoms with Crippen molar-refractivity contribution in [3.05, 3.63) is 53.4 Å². The van der Waals surface area contributed by atoms with E-state index < -0.39 is 0 Å². The summed E-state index contributed by atoms with van der Waals surface area (Å²) >= 11 is 6.14. The van der Waals surface area contributed by atoms with Gasteiger partial charge in [0.05, 0.1) is 19.0 Å². The number of rotatable bonds is 4. The molecular formula is C15H13ClN2O2. The van der Waals surface area contributed by atoms with Gasteiger partial charge in [-0.2, -0.15) is 0 Å². The first-order chi connectivity index (χ1) is 9.78. The Morgan fingerprint density at radius 3 is 2.85 bits per heavy atom. The Bertz CT molecular complexity index is 722. The van der Waals surface area contributed by atoms with Crippen LogP contribution in [-0.2, 0) is 6.54 Å². The van der Waals surface area contributed by atoms with Crippen molar-refractivity contribution < 1.29 is 9.15 Å². The minimum atomic E-state index is 0.417. The number of hydrogen-bond acceptors (Lipinski definition) is 4. The Hall–Kier alpha value is -2.20. The van der Waals surface area contributed by atoms with Crippen molar-refractivity contribution in [2.24, 2.45) is 0 Å². The van der Waals surface area contributed by atoms with Gasteiger partial charge in [-0.15, -0.1) is 0 Å². The maximum atomic E-state index is 6.14. The SMILES string of the molecule is COc1ccc(NCc2c(Cl)oc3ccccc23)cn1. The highest BCUT2D eigenvalue weighted by molar-refractivity contribution is 6.30. The number of benzene rings is 1. The molecule has 5 heteroatoms. The maximum Gasteiger partial charge on any atom is 0.213 e. The number of methoxy groups -OCH3 is 1. The average Bonchev–Trinajstić information content (AvgIpc) is 2.81. The molecule has 0 aliphatic rings. The third-order valence-corrected chi connectivity index (χ3v) is 3.37. The summed E-state index contributed by atoms with van der Waals surface area (Å²) in [4.78, 5) is 4.14. The van der Waals surface area contributed by atoms with E-state index in [0.29, 0.717) is 17.6 Å². The number of halogens is 1. The quantitative estimate of drug-likeness (QED) is 0.785. The van der Waals surface area contributed by atoms with E-state index in [1.807, 2.05) is 30.3 Å². The summed E-state index contributed by atoms with van der Waals surface area (Å²) in [5, 5.41) is 4.71. The standard InChI is InChI=1S/C15H13ClN2O2/c1-19-14-7-6-10(8-18-14)17-9-12-11-4-2-3-5-13(11)20-15(12)16/h2-8,17H,9H2,1H3. The fourth-order valence-electron chi connectivity index (χ4n) is 2.03. The number of para-hydroxylation sites is 1. The minimum absolute atomic E-state index is 0.417. The van der Waals surface area contributed by atoms with Gasteiger partial charge in [-0.1, -0.05) is 18.2 Å². The average molecular weight is 289 g/mol. The molecule has 0 bridgehead atoms. The molecule has 20 heavy (non-hydrogen) atoms. The summed E-state index contributed by atoms with van der Waals surface area (Å²) in [5.41, 5.74) is 2.63. The van der Waals surface area contributed by atoms with Gasteiger partial charge in [-0.25, -0.2) is 4.98 Å². The number of pyridine rings is 1. The summed E-state index contributed by atoms with van der Waals surface area (Å²) in [5.74, 6) is 0.586. The summed E-state index contributed by atoms with van der Waals surface area (Å²) < 4.78 is 10.5. The number of hydrogen-bond donors (Lipinski definition) is 1. The van der Waals surface area contributed by atoms with Crippen LogP contribution in [0.15, 0.2) is 47.0 Å². The Morgan fingerprint density at radius 1 is 1.25 bits per heavy atom. The summed E-state index contributed by atoms with van der Waals surface area (Å²) in [7, 11) is 1.59. The lowest BCUT2D eigenvalue weighted by Crippen LogP contribution is -2.00. The number of fused-ring (bicyclic) bond motifs is 1. The number of nitrogens with one attached hydrogen (secondary N) is 1. The molecule has 0 saturated heterocycles. The van der Waals surface area contributed by atoms with Crippen LogP contribution in [0.25, 0.3) is 11.0 Å². The van der Waals surface area contributed by atoms with Gasteiger partial charge in [-0.05, 0) is 23.7 Å². The van der Waals surface area contributed by atoms with Gasteiger partial charge < -0.3 is 14.5 Å². The molecule has 3 rings (SSSR count). The number of aromatic nitrogens is 1. The highest BCUT2D eigenvalue weighted by Crippen LogP contribution is 2.30. The molecule has 3 aromatic rings. The number of nitrogens with zero attached hydrogens (tertiary/aromatic N) is 1. The van der Waals surface area contributed by atoms with E-state index in [9.17, 15) is 0 Å². The largest absolute Gasteiger partial charge is 0.481 e. The highest BCUT2D eigenvalue weighted by atomic mass is 35.5. The number of furan rings is 1. The highest BCUT2D eigenvalue weighted by Gasteiger charge is 2.11. The van der Waals surface area contributed by atoms with E-state index in [0.717, 1.165) is 22.2 Å². The Balaban J connectivity index is 1.80. The molecule has 0 amide bonds. The zero-order valence-corrected chi connectivity index (χ0v) is 11.6. The Labute approximate surface area is 121 Å². The van der Waals surface area contributed by atoms with Crippen LogP contribution in [0.3, 0.4) is 0 Å². The van der Waals surface area contributed by atoms with Gasteiger partial charge in [0.2, 0.25) is 5.88 Å². The monoisotopic (exact) mass is 288 g/mol. The first-order valence-electron chi connectivity index (χ1n) is 6.18. The van der Waals surface area contributed by atoms with E-state index in [1.54, 1.807) is 19.4 Å². The van der Waals surface area contributed by atoms with Crippen LogP contribution in [0, 0.1) is 0 Å². The lowest BCUT2D eigenvalue weighted by Gasteiger charge is -2.06. The lowest BCUT2D eigenvalue weighted by atomic mass is 10.2. The van der Waals surface area contributed by atoms with Crippen molar-refractivity contribution in [3.8, 4) is 5.88 Å². The molecule has 0 aliphatic heterocycles. The Morgan fingerprint density at radius 2 is 2.10 bits per heavy atom.